The predicted molar refractivity (Wildman–Crippen MR) is 111 cm³/mol. The van der Waals surface area contributed by atoms with E-state index in [4.69, 9.17) is 32.7 Å². The lowest BCUT2D eigenvalue weighted by Gasteiger charge is -2.34. The van der Waals surface area contributed by atoms with Crippen LogP contribution in [0.25, 0.3) is 0 Å². The average molecular weight is 459 g/mol. The summed E-state index contributed by atoms with van der Waals surface area (Å²) in [5.74, 6) is 0.567. The fraction of sp³-hybridized carbons (Fsp3) is 0.316. The number of methoxy groups -OCH3 is 2. The minimum Gasteiger partial charge on any atom is -0.493 e. The summed E-state index contributed by atoms with van der Waals surface area (Å²) in [5.41, 5.74) is 0.368. The molecule has 1 aliphatic rings. The van der Waals surface area contributed by atoms with Crippen LogP contribution in [0.5, 0.6) is 11.5 Å². The van der Waals surface area contributed by atoms with E-state index in [0.29, 0.717) is 17.1 Å². The Morgan fingerprint density at radius 2 is 1.66 bits per heavy atom. The molecule has 0 aromatic heterocycles. The largest absolute Gasteiger partial charge is 0.493 e. The summed E-state index contributed by atoms with van der Waals surface area (Å²) in [6.45, 7) is 0.834. The van der Waals surface area contributed by atoms with E-state index in [1.165, 1.54) is 36.7 Å². The molecular weight excluding hydrogens is 439 g/mol. The van der Waals surface area contributed by atoms with Crippen molar-refractivity contribution in [3.05, 3.63) is 52.0 Å². The lowest BCUT2D eigenvalue weighted by Crippen LogP contribution is -2.50. The molecule has 29 heavy (non-hydrogen) atoms. The number of carbonyl (C=O) groups is 1. The van der Waals surface area contributed by atoms with Crippen LogP contribution in [0.3, 0.4) is 0 Å². The van der Waals surface area contributed by atoms with Gasteiger partial charge in [-0.3, -0.25) is 4.79 Å². The van der Waals surface area contributed by atoms with Gasteiger partial charge in [-0.2, -0.15) is 4.31 Å². The van der Waals surface area contributed by atoms with Crippen LogP contribution in [0.15, 0.2) is 41.3 Å². The van der Waals surface area contributed by atoms with Crippen LogP contribution in [-0.2, 0) is 10.0 Å². The zero-order valence-corrected chi connectivity index (χ0v) is 18.2. The molecule has 1 heterocycles. The van der Waals surface area contributed by atoms with Gasteiger partial charge in [0.25, 0.3) is 5.91 Å². The Kier molecular flexibility index (Phi) is 6.58. The number of hydrogen-bond donors (Lipinski definition) is 0. The molecule has 2 aromatic rings. The molecule has 0 atom stereocenters. The van der Waals surface area contributed by atoms with Gasteiger partial charge in [-0.25, -0.2) is 8.42 Å². The number of benzene rings is 2. The molecule has 7 nitrogen and oxygen atoms in total. The van der Waals surface area contributed by atoms with Crippen LogP contribution in [-0.4, -0.2) is 63.9 Å². The van der Waals surface area contributed by atoms with Gasteiger partial charge in [0.1, 0.15) is 0 Å². The number of sulfonamides is 1. The Balaban J connectivity index is 1.75. The Morgan fingerprint density at radius 3 is 2.24 bits per heavy atom. The number of ether oxygens (including phenoxy) is 2. The second-order valence-electron chi connectivity index (χ2n) is 6.31. The lowest BCUT2D eigenvalue weighted by atomic mass is 10.1. The van der Waals surface area contributed by atoms with Gasteiger partial charge in [-0.15, -0.1) is 0 Å². The first-order valence-electron chi connectivity index (χ1n) is 8.75. The number of hydrogen-bond acceptors (Lipinski definition) is 5. The first kappa shape index (κ1) is 21.7. The standard InChI is InChI=1S/C19H20Cl2N2O5S/c1-27-17-5-3-4-14(18(17)28-2)19(24)22-8-10-23(11-9-22)29(25,26)13-6-7-15(20)16(21)12-13/h3-7,12H,8-11H2,1-2H3. The summed E-state index contributed by atoms with van der Waals surface area (Å²) < 4.78 is 37.6. The summed E-state index contributed by atoms with van der Waals surface area (Å²) >= 11 is 11.8. The molecule has 0 N–H and O–H groups in total. The Morgan fingerprint density at radius 1 is 0.966 bits per heavy atom. The highest BCUT2D eigenvalue weighted by Gasteiger charge is 2.32. The van der Waals surface area contributed by atoms with Crippen molar-refractivity contribution in [1.29, 1.82) is 0 Å². The summed E-state index contributed by atoms with van der Waals surface area (Å²) in [6.07, 6.45) is 0. The van der Waals surface area contributed by atoms with Crippen molar-refractivity contribution < 1.29 is 22.7 Å². The third-order valence-corrected chi connectivity index (χ3v) is 7.32. The maximum atomic E-state index is 12.9. The maximum absolute atomic E-state index is 12.9. The quantitative estimate of drug-likeness (QED) is 0.687. The number of halogens is 2. The average Bonchev–Trinajstić information content (AvgIpc) is 2.74. The van der Waals surface area contributed by atoms with E-state index < -0.39 is 10.0 Å². The summed E-state index contributed by atoms with van der Waals surface area (Å²) in [6, 6.07) is 9.27. The molecule has 0 unspecified atom stereocenters. The molecule has 0 radical (unpaired) electrons. The van der Waals surface area contributed by atoms with Gasteiger partial charge >= 0.3 is 0 Å². The highest BCUT2D eigenvalue weighted by molar-refractivity contribution is 7.89. The second-order valence-corrected chi connectivity index (χ2v) is 9.07. The van der Waals surface area contributed by atoms with Crippen molar-refractivity contribution in [1.82, 2.24) is 9.21 Å². The fourth-order valence-electron chi connectivity index (χ4n) is 3.14. The predicted octanol–water partition coefficient (Wildman–Crippen LogP) is 3.16. The van der Waals surface area contributed by atoms with Gasteiger partial charge in [0.2, 0.25) is 10.0 Å². The van der Waals surface area contributed by atoms with Crippen LogP contribution >= 0.6 is 23.2 Å². The van der Waals surface area contributed by atoms with Crippen molar-refractivity contribution >= 4 is 39.1 Å². The maximum Gasteiger partial charge on any atom is 0.257 e. The van der Waals surface area contributed by atoms with Crippen molar-refractivity contribution in [2.75, 3.05) is 40.4 Å². The highest BCUT2D eigenvalue weighted by atomic mass is 35.5. The van der Waals surface area contributed by atoms with E-state index in [1.807, 2.05) is 0 Å². The van der Waals surface area contributed by atoms with Crippen LogP contribution in [0.1, 0.15) is 10.4 Å². The van der Waals surface area contributed by atoms with Crippen LogP contribution in [0.4, 0.5) is 0 Å². The van der Waals surface area contributed by atoms with Crippen LogP contribution in [0, 0.1) is 0 Å². The number of nitrogens with zero attached hydrogens (tertiary/aromatic N) is 2. The molecule has 1 saturated heterocycles. The number of piperazine rings is 1. The molecule has 1 fully saturated rings. The van der Waals surface area contributed by atoms with E-state index in [2.05, 4.69) is 0 Å². The molecule has 0 bridgehead atoms. The van der Waals surface area contributed by atoms with Gasteiger partial charge in [-0.1, -0.05) is 29.3 Å². The SMILES string of the molecule is COc1cccc(C(=O)N2CCN(S(=O)(=O)c3ccc(Cl)c(Cl)c3)CC2)c1OC. The smallest absolute Gasteiger partial charge is 0.257 e. The topological polar surface area (TPSA) is 76.2 Å². The van der Waals surface area contributed by atoms with E-state index in [1.54, 1.807) is 23.1 Å². The molecule has 2 aromatic carbocycles. The molecule has 1 amide bonds. The fourth-order valence-corrected chi connectivity index (χ4v) is 4.96. The first-order chi connectivity index (χ1) is 13.8. The first-order valence-corrected chi connectivity index (χ1v) is 10.9. The van der Waals surface area contributed by atoms with Crippen molar-refractivity contribution in [3.8, 4) is 11.5 Å². The van der Waals surface area contributed by atoms with Gasteiger partial charge in [0.15, 0.2) is 11.5 Å². The summed E-state index contributed by atoms with van der Waals surface area (Å²) in [4.78, 5) is 14.6. The molecule has 0 spiro atoms. The van der Waals surface area contributed by atoms with E-state index in [-0.39, 0.29) is 47.0 Å². The summed E-state index contributed by atoms with van der Waals surface area (Å²) in [5, 5.41) is 0.458. The number of para-hydroxylation sites is 1. The minimum absolute atomic E-state index is 0.0705. The van der Waals surface area contributed by atoms with Gasteiger partial charge < -0.3 is 14.4 Å². The minimum atomic E-state index is -3.73. The van der Waals surface area contributed by atoms with Crippen molar-refractivity contribution in [3.63, 3.8) is 0 Å². The molecular formula is C19H20Cl2N2O5S. The van der Waals surface area contributed by atoms with Gasteiger partial charge in [0, 0.05) is 26.2 Å². The van der Waals surface area contributed by atoms with Crippen LogP contribution < -0.4 is 9.47 Å². The third kappa shape index (κ3) is 4.30. The normalized spacial score (nSPS) is 15.2. The molecule has 3 rings (SSSR count). The van der Waals surface area contributed by atoms with Gasteiger partial charge in [0.05, 0.1) is 34.7 Å². The van der Waals surface area contributed by atoms with Crippen molar-refractivity contribution in [2.24, 2.45) is 0 Å². The van der Waals surface area contributed by atoms with E-state index >= 15 is 0 Å². The number of rotatable bonds is 5. The third-order valence-electron chi connectivity index (χ3n) is 4.69. The lowest BCUT2D eigenvalue weighted by molar-refractivity contribution is 0.0694. The number of amides is 1. The highest BCUT2D eigenvalue weighted by Crippen LogP contribution is 2.32. The monoisotopic (exact) mass is 458 g/mol. The summed E-state index contributed by atoms with van der Waals surface area (Å²) in [7, 11) is -0.764. The zero-order valence-electron chi connectivity index (χ0n) is 15.9. The Bertz CT molecular complexity index is 1020. The second kappa shape index (κ2) is 8.79. The molecule has 1 aliphatic heterocycles. The molecule has 0 saturated carbocycles. The van der Waals surface area contributed by atoms with Gasteiger partial charge in [-0.05, 0) is 30.3 Å². The zero-order chi connectivity index (χ0) is 21.2. The van der Waals surface area contributed by atoms with Crippen LogP contribution in [0.2, 0.25) is 10.0 Å². The van der Waals surface area contributed by atoms with E-state index in [9.17, 15) is 13.2 Å². The van der Waals surface area contributed by atoms with E-state index in [0.717, 1.165) is 0 Å². The van der Waals surface area contributed by atoms with Crippen molar-refractivity contribution in [2.45, 2.75) is 4.90 Å². The Labute approximate surface area is 179 Å². The molecule has 156 valence electrons. The molecule has 10 heteroatoms. The molecule has 0 aliphatic carbocycles. The Hall–Kier alpha value is -2.00. The number of carbonyl (C=O) groups excluding carboxylic acids is 1.